The number of benzene rings is 2. The molecule has 0 bridgehead atoms. The van der Waals surface area contributed by atoms with Crippen molar-refractivity contribution in [3.63, 3.8) is 0 Å². The van der Waals surface area contributed by atoms with Gasteiger partial charge in [-0.25, -0.2) is 4.39 Å². The predicted molar refractivity (Wildman–Crippen MR) is 69.0 cm³/mol. The quantitative estimate of drug-likeness (QED) is 0.748. The SMILES string of the molecule is O=C(c1cccc(F)c1)c1ccc(Cl)c(Br)c1. The van der Waals surface area contributed by atoms with Gasteiger partial charge in [-0.05, 0) is 46.3 Å². The molecule has 86 valence electrons. The van der Waals surface area contributed by atoms with Gasteiger partial charge in [-0.3, -0.25) is 4.79 Å². The zero-order valence-corrected chi connectivity index (χ0v) is 10.9. The van der Waals surface area contributed by atoms with Crippen LogP contribution in [-0.2, 0) is 0 Å². The smallest absolute Gasteiger partial charge is 0.193 e. The zero-order valence-electron chi connectivity index (χ0n) is 8.58. The Bertz CT molecular complexity index is 583. The second-order valence-corrected chi connectivity index (χ2v) is 4.73. The number of hydrogen-bond donors (Lipinski definition) is 0. The maximum Gasteiger partial charge on any atom is 0.193 e. The number of rotatable bonds is 2. The fourth-order valence-corrected chi connectivity index (χ4v) is 1.93. The molecule has 17 heavy (non-hydrogen) atoms. The molecule has 2 aromatic rings. The molecule has 2 rings (SSSR count). The van der Waals surface area contributed by atoms with E-state index in [9.17, 15) is 9.18 Å². The summed E-state index contributed by atoms with van der Waals surface area (Å²) in [6, 6.07) is 10.5. The average Bonchev–Trinajstić information content (AvgIpc) is 2.32. The van der Waals surface area contributed by atoms with E-state index in [1.54, 1.807) is 24.3 Å². The van der Waals surface area contributed by atoms with Gasteiger partial charge in [0, 0.05) is 15.6 Å². The molecular formula is C13H7BrClFO. The van der Waals surface area contributed by atoms with Crippen molar-refractivity contribution in [2.45, 2.75) is 0 Å². The molecule has 0 saturated heterocycles. The van der Waals surface area contributed by atoms with Crippen LogP contribution in [0.25, 0.3) is 0 Å². The summed E-state index contributed by atoms with van der Waals surface area (Å²) in [6.07, 6.45) is 0. The maximum absolute atomic E-state index is 13.0. The van der Waals surface area contributed by atoms with Crippen LogP contribution < -0.4 is 0 Å². The summed E-state index contributed by atoms with van der Waals surface area (Å²) in [7, 11) is 0. The van der Waals surface area contributed by atoms with Gasteiger partial charge < -0.3 is 0 Å². The molecule has 0 aliphatic carbocycles. The first kappa shape index (κ1) is 12.3. The minimum atomic E-state index is -0.427. The van der Waals surface area contributed by atoms with Crippen LogP contribution >= 0.6 is 27.5 Å². The lowest BCUT2D eigenvalue weighted by molar-refractivity contribution is 0.103. The number of halogens is 3. The molecule has 2 aromatic carbocycles. The van der Waals surface area contributed by atoms with Crippen LogP contribution in [0.1, 0.15) is 15.9 Å². The van der Waals surface area contributed by atoms with Gasteiger partial charge in [0.05, 0.1) is 5.02 Å². The molecule has 1 nitrogen and oxygen atoms in total. The molecule has 4 heteroatoms. The van der Waals surface area contributed by atoms with Crippen LogP contribution in [0.5, 0.6) is 0 Å². The fourth-order valence-electron chi connectivity index (χ4n) is 1.43. The Morgan fingerprint density at radius 2 is 1.82 bits per heavy atom. The van der Waals surface area contributed by atoms with E-state index in [1.807, 2.05) is 0 Å². The summed E-state index contributed by atoms with van der Waals surface area (Å²) < 4.78 is 13.6. The Hall–Kier alpha value is -1.19. The lowest BCUT2D eigenvalue weighted by Gasteiger charge is -2.03. The lowest BCUT2D eigenvalue weighted by Crippen LogP contribution is -2.01. The zero-order chi connectivity index (χ0) is 12.4. The van der Waals surface area contributed by atoms with E-state index in [4.69, 9.17) is 11.6 Å². The van der Waals surface area contributed by atoms with Crippen molar-refractivity contribution >= 4 is 33.3 Å². The summed E-state index contributed by atoms with van der Waals surface area (Å²) in [5, 5.41) is 0.529. The van der Waals surface area contributed by atoms with Gasteiger partial charge in [0.15, 0.2) is 5.78 Å². The Morgan fingerprint density at radius 1 is 1.12 bits per heavy atom. The maximum atomic E-state index is 13.0. The summed E-state index contributed by atoms with van der Waals surface area (Å²) in [6.45, 7) is 0. The molecule has 0 aliphatic heterocycles. The third kappa shape index (κ3) is 2.73. The second kappa shape index (κ2) is 4.98. The first-order valence-corrected chi connectivity index (χ1v) is 6.00. The first-order valence-electron chi connectivity index (χ1n) is 4.83. The van der Waals surface area contributed by atoms with Crippen LogP contribution in [-0.4, -0.2) is 5.78 Å². The van der Waals surface area contributed by atoms with Gasteiger partial charge in [-0.1, -0.05) is 23.7 Å². The van der Waals surface area contributed by atoms with Crippen molar-refractivity contribution in [2.75, 3.05) is 0 Å². The van der Waals surface area contributed by atoms with Crippen LogP contribution in [0.3, 0.4) is 0 Å². The minimum absolute atomic E-state index is 0.234. The number of ketones is 1. The van der Waals surface area contributed by atoms with Crippen molar-refractivity contribution in [2.24, 2.45) is 0 Å². The molecule has 0 radical (unpaired) electrons. The van der Waals surface area contributed by atoms with Gasteiger partial charge in [0.1, 0.15) is 5.82 Å². The van der Waals surface area contributed by atoms with Crippen molar-refractivity contribution in [3.8, 4) is 0 Å². The molecule has 0 fully saturated rings. The van der Waals surface area contributed by atoms with E-state index in [-0.39, 0.29) is 5.78 Å². The molecule has 0 aliphatic rings. The summed E-state index contributed by atoms with van der Waals surface area (Å²) in [4.78, 5) is 12.0. The standard InChI is InChI=1S/C13H7BrClFO/c14-11-7-9(4-5-12(11)15)13(17)8-2-1-3-10(16)6-8/h1-7H. The van der Waals surface area contributed by atoms with Crippen LogP contribution in [0, 0.1) is 5.82 Å². The molecule has 0 unspecified atom stereocenters. The number of carbonyl (C=O) groups excluding carboxylic acids is 1. The molecule has 0 amide bonds. The summed E-state index contributed by atoms with van der Waals surface area (Å²) >= 11 is 9.08. The molecule has 0 saturated carbocycles. The van der Waals surface area contributed by atoms with Crippen LogP contribution in [0.15, 0.2) is 46.9 Å². The highest BCUT2D eigenvalue weighted by atomic mass is 79.9. The van der Waals surface area contributed by atoms with Crippen LogP contribution in [0.2, 0.25) is 5.02 Å². The monoisotopic (exact) mass is 312 g/mol. The normalized spacial score (nSPS) is 10.3. The first-order chi connectivity index (χ1) is 8.08. The van der Waals surface area contributed by atoms with E-state index < -0.39 is 5.82 Å². The number of hydrogen-bond acceptors (Lipinski definition) is 1. The van der Waals surface area contributed by atoms with Crippen molar-refractivity contribution in [1.29, 1.82) is 0 Å². The van der Waals surface area contributed by atoms with Gasteiger partial charge in [0.25, 0.3) is 0 Å². The fraction of sp³-hybridized carbons (Fsp3) is 0. The van der Waals surface area contributed by atoms with E-state index >= 15 is 0 Å². The molecule has 0 N–H and O–H groups in total. The Balaban J connectivity index is 2.40. The highest BCUT2D eigenvalue weighted by Crippen LogP contribution is 2.24. The lowest BCUT2D eigenvalue weighted by atomic mass is 10.0. The largest absolute Gasteiger partial charge is 0.289 e. The Labute approximate surface area is 111 Å². The number of carbonyl (C=O) groups is 1. The summed E-state index contributed by atoms with van der Waals surface area (Å²) in [5.74, 6) is -0.661. The Kier molecular flexibility index (Phi) is 3.60. The predicted octanol–water partition coefficient (Wildman–Crippen LogP) is 4.47. The van der Waals surface area contributed by atoms with Crippen LogP contribution in [0.4, 0.5) is 4.39 Å². The third-order valence-electron chi connectivity index (χ3n) is 2.27. The Morgan fingerprint density at radius 3 is 2.47 bits per heavy atom. The minimum Gasteiger partial charge on any atom is -0.289 e. The van der Waals surface area contributed by atoms with E-state index in [1.165, 1.54) is 18.2 Å². The molecular weight excluding hydrogens is 306 g/mol. The molecule has 0 atom stereocenters. The molecule has 0 spiro atoms. The van der Waals surface area contributed by atoms with Crippen molar-refractivity contribution in [3.05, 3.63) is 68.9 Å². The summed E-state index contributed by atoms with van der Waals surface area (Å²) in [5.41, 5.74) is 0.783. The van der Waals surface area contributed by atoms with E-state index in [0.29, 0.717) is 20.6 Å². The van der Waals surface area contributed by atoms with Crippen molar-refractivity contribution in [1.82, 2.24) is 0 Å². The molecule has 0 aromatic heterocycles. The highest BCUT2D eigenvalue weighted by Gasteiger charge is 2.11. The highest BCUT2D eigenvalue weighted by molar-refractivity contribution is 9.10. The molecule has 0 heterocycles. The van der Waals surface area contributed by atoms with E-state index in [0.717, 1.165) is 0 Å². The van der Waals surface area contributed by atoms with Gasteiger partial charge in [-0.2, -0.15) is 0 Å². The average molecular weight is 314 g/mol. The van der Waals surface area contributed by atoms with Gasteiger partial charge >= 0.3 is 0 Å². The van der Waals surface area contributed by atoms with Gasteiger partial charge in [-0.15, -0.1) is 0 Å². The third-order valence-corrected chi connectivity index (χ3v) is 3.48. The van der Waals surface area contributed by atoms with Crippen molar-refractivity contribution < 1.29 is 9.18 Å². The van der Waals surface area contributed by atoms with Gasteiger partial charge in [0.2, 0.25) is 0 Å². The van der Waals surface area contributed by atoms with E-state index in [2.05, 4.69) is 15.9 Å². The topological polar surface area (TPSA) is 17.1 Å². The second-order valence-electron chi connectivity index (χ2n) is 3.47.